The third-order valence-corrected chi connectivity index (χ3v) is 5.81. The summed E-state index contributed by atoms with van der Waals surface area (Å²) in [6.07, 6.45) is 0. The monoisotopic (exact) mass is 364 g/mol. The van der Waals surface area contributed by atoms with Gasteiger partial charge in [0, 0.05) is 18.0 Å². The number of rotatable bonds is 3. The number of hydrogen-bond acceptors (Lipinski definition) is 3. The van der Waals surface area contributed by atoms with Gasteiger partial charge in [-0.05, 0) is 40.6 Å². The van der Waals surface area contributed by atoms with Gasteiger partial charge >= 0.3 is 6.03 Å². The van der Waals surface area contributed by atoms with Crippen molar-refractivity contribution in [1.82, 2.24) is 4.90 Å². The van der Waals surface area contributed by atoms with E-state index in [1.54, 1.807) is 18.9 Å². The lowest BCUT2D eigenvalue weighted by atomic mass is 10.1. The number of carbonyl (C=O) groups is 1. The zero-order valence-electron chi connectivity index (χ0n) is 14.5. The van der Waals surface area contributed by atoms with Gasteiger partial charge in [0.1, 0.15) is 11.1 Å². The minimum atomic E-state index is -0.0638. The highest BCUT2D eigenvalue weighted by molar-refractivity contribution is 7.99. The molecule has 1 N–H and O–H groups in total. The number of hydrogen-bond donors (Lipinski definition) is 1. The molecule has 1 aliphatic heterocycles. The van der Waals surface area contributed by atoms with E-state index in [9.17, 15) is 4.79 Å². The van der Waals surface area contributed by atoms with E-state index in [0.29, 0.717) is 0 Å². The predicted molar refractivity (Wildman–Crippen MR) is 108 cm³/mol. The van der Waals surface area contributed by atoms with Gasteiger partial charge < -0.3 is 15.0 Å². The minimum Gasteiger partial charge on any atom is -0.497 e. The molecule has 1 atom stereocenters. The van der Waals surface area contributed by atoms with Crippen molar-refractivity contribution in [3.8, 4) is 5.75 Å². The quantitative estimate of drug-likeness (QED) is 0.701. The van der Waals surface area contributed by atoms with Crippen molar-refractivity contribution in [1.29, 1.82) is 0 Å². The molecule has 0 saturated carbocycles. The SMILES string of the molecule is COc1ccc(C2SCCN2C(=O)Nc2ccc3ccccc3c2)cc1. The van der Waals surface area contributed by atoms with E-state index in [1.807, 2.05) is 59.5 Å². The second-order valence-corrected chi connectivity index (χ2v) is 7.37. The van der Waals surface area contributed by atoms with Crippen molar-refractivity contribution in [2.24, 2.45) is 0 Å². The van der Waals surface area contributed by atoms with Gasteiger partial charge in [0.25, 0.3) is 0 Å². The molecule has 0 radical (unpaired) electrons. The molecule has 1 unspecified atom stereocenters. The minimum absolute atomic E-state index is 0.0290. The van der Waals surface area contributed by atoms with Crippen LogP contribution in [0.4, 0.5) is 10.5 Å². The summed E-state index contributed by atoms with van der Waals surface area (Å²) in [6.45, 7) is 0.737. The number of nitrogens with zero attached hydrogens (tertiary/aromatic N) is 1. The topological polar surface area (TPSA) is 41.6 Å². The molecule has 26 heavy (non-hydrogen) atoms. The first kappa shape index (κ1) is 16.8. The Morgan fingerprint density at radius 3 is 2.62 bits per heavy atom. The molecular formula is C21H20N2O2S. The summed E-state index contributed by atoms with van der Waals surface area (Å²) in [5, 5.41) is 5.36. The Bertz CT molecular complexity index is 927. The lowest BCUT2D eigenvalue weighted by Gasteiger charge is -2.24. The van der Waals surface area contributed by atoms with E-state index < -0.39 is 0 Å². The first-order chi connectivity index (χ1) is 12.7. The number of amides is 2. The Hall–Kier alpha value is -2.66. The van der Waals surface area contributed by atoms with Crippen LogP contribution in [0.25, 0.3) is 10.8 Å². The Morgan fingerprint density at radius 2 is 1.85 bits per heavy atom. The number of thioether (sulfide) groups is 1. The zero-order chi connectivity index (χ0) is 17.9. The molecule has 4 rings (SSSR count). The van der Waals surface area contributed by atoms with Crippen LogP contribution in [0.5, 0.6) is 5.75 Å². The number of anilines is 1. The molecule has 0 spiro atoms. The van der Waals surface area contributed by atoms with Crippen molar-refractivity contribution >= 4 is 34.3 Å². The highest BCUT2D eigenvalue weighted by atomic mass is 32.2. The van der Waals surface area contributed by atoms with Crippen LogP contribution in [0.1, 0.15) is 10.9 Å². The molecule has 1 fully saturated rings. The van der Waals surface area contributed by atoms with Gasteiger partial charge in [-0.25, -0.2) is 4.79 Å². The molecule has 1 aliphatic rings. The summed E-state index contributed by atoms with van der Waals surface area (Å²) < 4.78 is 5.22. The maximum absolute atomic E-state index is 12.8. The molecule has 1 heterocycles. The summed E-state index contributed by atoms with van der Waals surface area (Å²) in [6, 6.07) is 22.0. The molecule has 3 aromatic rings. The highest BCUT2D eigenvalue weighted by Crippen LogP contribution is 2.38. The molecule has 0 aliphatic carbocycles. The Labute approximate surface area is 157 Å². The van der Waals surface area contributed by atoms with E-state index in [-0.39, 0.29) is 11.4 Å². The fourth-order valence-corrected chi connectivity index (χ4v) is 4.44. The van der Waals surface area contributed by atoms with Gasteiger partial charge in [-0.15, -0.1) is 11.8 Å². The lowest BCUT2D eigenvalue weighted by molar-refractivity contribution is 0.214. The van der Waals surface area contributed by atoms with Crippen molar-refractivity contribution < 1.29 is 9.53 Å². The van der Waals surface area contributed by atoms with E-state index in [2.05, 4.69) is 17.4 Å². The van der Waals surface area contributed by atoms with Crippen LogP contribution in [0.2, 0.25) is 0 Å². The Balaban J connectivity index is 1.52. The number of methoxy groups -OCH3 is 1. The summed E-state index contributed by atoms with van der Waals surface area (Å²) in [5.74, 6) is 1.76. The second kappa shape index (κ2) is 7.30. The predicted octanol–water partition coefficient (Wildman–Crippen LogP) is 5.13. The van der Waals surface area contributed by atoms with Crippen LogP contribution in [0.3, 0.4) is 0 Å². The normalized spacial score (nSPS) is 16.7. The van der Waals surface area contributed by atoms with E-state index in [4.69, 9.17) is 4.74 Å². The largest absolute Gasteiger partial charge is 0.497 e. The number of urea groups is 1. The molecule has 2 amide bonds. The summed E-state index contributed by atoms with van der Waals surface area (Å²) in [5.41, 5.74) is 1.93. The van der Waals surface area contributed by atoms with Crippen LogP contribution >= 0.6 is 11.8 Å². The van der Waals surface area contributed by atoms with Gasteiger partial charge in [0.15, 0.2) is 0 Å². The lowest BCUT2D eigenvalue weighted by Crippen LogP contribution is -2.34. The van der Waals surface area contributed by atoms with Crippen LogP contribution in [-0.4, -0.2) is 30.3 Å². The number of benzene rings is 3. The Kier molecular flexibility index (Phi) is 4.71. The maximum atomic E-state index is 12.8. The number of ether oxygens (including phenoxy) is 1. The number of fused-ring (bicyclic) bond motifs is 1. The van der Waals surface area contributed by atoms with E-state index in [1.165, 1.54) is 5.39 Å². The molecule has 132 valence electrons. The standard InChI is InChI=1S/C21H20N2O2S/c1-25-19-10-7-16(8-11-19)20-23(12-13-26-20)21(24)22-18-9-6-15-4-2-3-5-17(15)14-18/h2-11,14,20H,12-13H2,1H3,(H,22,24). The van der Waals surface area contributed by atoms with Gasteiger partial charge in [-0.2, -0.15) is 0 Å². The first-order valence-electron chi connectivity index (χ1n) is 8.56. The molecule has 3 aromatic carbocycles. The van der Waals surface area contributed by atoms with Gasteiger partial charge in [0.05, 0.1) is 7.11 Å². The molecule has 5 heteroatoms. The third kappa shape index (κ3) is 3.35. The van der Waals surface area contributed by atoms with Crippen molar-refractivity contribution in [3.05, 3.63) is 72.3 Å². The van der Waals surface area contributed by atoms with Crippen molar-refractivity contribution in [2.45, 2.75) is 5.37 Å². The van der Waals surface area contributed by atoms with Gasteiger partial charge in [-0.1, -0.05) is 42.5 Å². The summed E-state index contributed by atoms with van der Waals surface area (Å²) >= 11 is 1.78. The van der Waals surface area contributed by atoms with Crippen LogP contribution in [-0.2, 0) is 0 Å². The average molecular weight is 364 g/mol. The van der Waals surface area contributed by atoms with Crippen molar-refractivity contribution in [3.63, 3.8) is 0 Å². The van der Waals surface area contributed by atoms with Crippen LogP contribution in [0, 0.1) is 0 Å². The summed E-state index contributed by atoms with van der Waals surface area (Å²) in [7, 11) is 1.66. The van der Waals surface area contributed by atoms with Crippen molar-refractivity contribution in [2.75, 3.05) is 24.7 Å². The zero-order valence-corrected chi connectivity index (χ0v) is 15.3. The number of nitrogens with one attached hydrogen (secondary N) is 1. The molecule has 1 saturated heterocycles. The van der Waals surface area contributed by atoms with Crippen LogP contribution in [0.15, 0.2) is 66.7 Å². The maximum Gasteiger partial charge on any atom is 0.323 e. The van der Waals surface area contributed by atoms with E-state index >= 15 is 0 Å². The molecule has 0 aromatic heterocycles. The highest BCUT2D eigenvalue weighted by Gasteiger charge is 2.30. The average Bonchev–Trinajstić information content (AvgIpc) is 3.18. The van der Waals surface area contributed by atoms with Crippen LogP contribution < -0.4 is 10.1 Å². The Morgan fingerprint density at radius 1 is 1.08 bits per heavy atom. The molecule has 4 nitrogen and oxygen atoms in total. The first-order valence-corrected chi connectivity index (χ1v) is 9.61. The fraction of sp³-hybridized carbons (Fsp3) is 0.190. The smallest absolute Gasteiger partial charge is 0.323 e. The van der Waals surface area contributed by atoms with Gasteiger partial charge in [-0.3, -0.25) is 0 Å². The second-order valence-electron chi connectivity index (χ2n) is 6.18. The summed E-state index contributed by atoms with van der Waals surface area (Å²) in [4.78, 5) is 14.7. The molecular weight excluding hydrogens is 344 g/mol. The van der Waals surface area contributed by atoms with Gasteiger partial charge in [0.2, 0.25) is 0 Å². The third-order valence-electron chi connectivity index (χ3n) is 4.55. The number of carbonyl (C=O) groups excluding carboxylic acids is 1. The van der Waals surface area contributed by atoms with E-state index in [0.717, 1.165) is 34.7 Å². The fourth-order valence-electron chi connectivity index (χ4n) is 3.19. The molecule has 0 bridgehead atoms.